The lowest BCUT2D eigenvalue weighted by molar-refractivity contribution is 0.492. The lowest BCUT2D eigenvalue weighted by Crippen LogP contribution is -2.14. The first-order valence-electron chi connectivity index (χ1n) is 6.19. The molecule has 6 heteroatoms. The first-order chi connectivity index (χ1) is 9.20. The van der Waals surface area contributed by atoms with Crippen molar-refractivity contribution in [3.8, 4) is 11.5 Å². The topological polar surface area (TPSA) is 51.0 Å². The number of hydrogen-bond donors (Lipinski definition) is 1. The summed E-state index contributed by atoms with van der Waals surface area (Å²) in [6.07, 6.45) is 1.78. The van der Waals surface area contributed by atoms with Crippen molar-refractivity contribution in [1.82, 2.24) is 15.5 Å². The minimum absolute atomic E-state index is 0.525. The maximum absolute atomic E-state index is 6.08. The summed E-state index contributed by atoms with van der Waals surface area (Å²) in [5.74, 6) is 1.19. The molecule has 0 aliphatic heterocycles. The van der Waals surface area contributed by atoms with Gasteiger partial charge in [0.15, 0.2) is 0 Å². The van der Waals surface area contributed by atoms with Crippen LogP contribution in [0.5, 0.6) is 0 Å². The lowest BCUT2D eigenvalue weighted by Gasteiger charge is -1.99. The van der Waals surface area contributed by atoms with Crippen molar-refractivity contribution in [2.45, 2.75) is 19.8 Å². The molecule has 19 heavy (non-hydrogen) atoms. The van der Waals surface area contributed by atoms with Gasteiger partial charge in [-0.25, -0.2) is 0 Å². The molecule has 0 spiro atoms. The van der Waals surface area contributed by atoms with Crippen LogP contribution in [-0.4, -0.2) is 23.3 Å². The van der Waals surface area contributed by atoms with Crippen LogP contribution >= 0.6 is 34.2 Å². The van der Waals surface area contributed by atoms with Crippen LogP contribution in [0.4, 0.5) is 0 Å². The van der Waals surface area contributed by atoms with Crippen LogP contribution in [0.25, 0.3) is 11.5 Å². The number of halogens is 2. The molecule has 2 aromatic rings. The summed E-state index contributed by atoms with van der Waals surface area (Å²) in [5.41, 5.74) is 0.857. The zero-order valence-corrected chi connectivity index (χ0v) is 13.5. The maximum Gasteiger partial charge on any atom is 0.247 e. The molecule has 1 N–H and O–H groups in total. The van der Waals surface area contributed by atoms with Crippen molar-refractivity contribution in [3.05, 3.63) is 32.7 Å². The Kier molecular flexibility index (Phi) is 5.59. The van der Waals surface area contributed by atoms with E-state index in [1.165, 1.54) is 0 Å². The Labute approximate surface area is 131 Å². The van der Waals surface area contributed by atoms with Gasteiger partial charge < -0.3 is 9.73 Å². The molecule has 0 unspecified atom stereocenters. The summed E-state index contributed by atoms with van der Waals surface area (Å²) in [6.45, 7) is 4.03. The van der Waals surface area contributed by atoms with Crippen LogP contribution in [0.2, 0.25) is 5.02 Å². The standard InChI is InChI=1S/C13H15ClIN3O/c1-2-16-7-3-4-12-17-18-13(19-12)9-5-6-11(15)10(14)8-9/h5-6,8,16H,2-4,7H2,1H3. The molecule has 0 atom stereocenters. The second-order valence-electron chi connectivity index (χ2n) is 4.09. The smallest absolute Gasteiger partial charge is 0.247 e. The number of aryl methyl sites for hydroxylation is 1. The molecule has 1 heterocycles. The second kappa shape index (κ2) is 7.21. The highest BCUT2D eigenvalue weighted by atomic mass is 127. The first kappa shape index (κ1) is 14.7. The Balaban J connectivity index is 2.01. The summed E-state index contributed by atoms with van der Waals surface area (Å²) in [5, 5.41) is 12.1. The Bertz CT molecular complexity index is 544. The number of rotatable bonds is 6. The fourth-order valence-corrected chi connectivity index (χ4v) is 2.16. The summed E-state index contributed by atoms with van der Waals surface area (Å²) in [7, 11) is 0. The van der Waals surface area contributed by atoms with E-state index < -0.39 is 0 Å². The van der Waals surface area contributed by atoms with Gasteiger partial charge in [-0.15, -0.1) is 10.2 Å². The maximum atomic E-state index is 6.08. The van der Waals surface area contributed by atoms with Crippen molar-refractivity contribution in [1.29, 1.82) is 0 Å². The monoisotopic (exact) mass is 391 g/mol. The van der Waals surface area contributed by atoms with E-state index in [0.29, 0.717) is 16.8 Å². The number of hydrogen-bond acceptors (Lipinski definition) is 4. The van der Waals surface area contributed by atoms with Crippen LogP contribution in [0.15, 0.2) is 22.6 Å². The largest absolute Gasteiger partial charge is 0.421 e. The number of benzene rings is 1. The average Bonchev–Trinajstić information content (AvgIpc) is 2.87. The van der Waals surface area contributed by atoms with Crippen molar-refractivity contribution >= 4 is 34.2 Å². The molecule has 0 amide bonds. The molecule has 0 aliphatic carbocycles. The van der Waals surface area contributed by atoms with Gasteiger partial charge in [0, 0.05) is 15.6 Å². The SMILES string of the molecule is CCNCCCc1nnc(-c2ccc(I)c(Cl)c2)o1. The summed E-state index contributed by atoms with van der Waals surface area (Å²) < 4.78 is 6.64. The van der Waals surface area contributed by atoms with E-state index in [4.69, 9.17) is 16.0 Å². The molecule has 2 rings (SSSR count). The van der Waals surface area contributed by atoms with E-state index in [2.05, 4.69) is 45.0 Å². The third-order valence-electron chi connectivity index (χ3n) is 2.63. The molecule has 4 nitrogen and oxygen atoms in total. The van der Waals surface area contributed by atoms with Crippen LogP contribution < -0.4 is 5.32 Å². The predicted octanol–water partition coefficient (Wildman–Crippen LogP) is 3.54. The molecular formula is C13H15ClIN3O. The van der Waals surface area contributed by atoms with Gasteiger partial charge in [0.1, 0.15) is 0 Å². The molecule has 0 aliphatic rings. The van der Waals surface area contributed by atoms with Gasteiger partial charge in [0.05, 0.1) is 5.02 Å². The molecule has 0 saturated heterocycles. The van der Waals surface area contributed by atoms with Gasteiger partial charge in [0.2, 0.25) is 11.8 Å². The van der Waals surface area contributed by atoms with Gasteiger partial charge in [-0.1, -0.05) is 18.5 Å². The summed E-state index contributed by atoms with van der Waals surface area (Å²) >= 11 is 8.27. The van der Waals surface area contributed by atoms with E-state index in [1.807, 2.05) is 18.2 Å². The third kappa shape index (κ3) is 4.15. The van der Waals surface area contributed by atoms with Crippen LogP contribution in [-0.2, 0) is 6.42 Å². The average molecular weight is 392 g/mol. The van der Waals surface area contributed by atoms with Crippen LogP contribution in [0.3, 0.4) is 0 Å². The fraction of sp³-hybridized carbons (Fsp3) is 0.385. The molecule has 1 aromatic carbocycles. The Morgan fingerprint density at radius 2 is 2.21 bits per heavy atom. The molecule has 0 radical (unpaired) electrons. The highest BCUT2D eigenvalue weighted by molar-refractivity contribution is 14.1. The van der Waals surface area contributed by atoms with Crippen LogP contribution in [0.1, 0.15) is 19.2 Å². The molecule has 1 aromatic heterocycles. The quantitative estimate of drug-likeness (QED) is 0.604. The minimum Gasteiger partial charge on any atom is -0.421 e. The van der Waals surface area contributed by atoms with Crippen molar-refractivity contribution in [3.63, 3.8) is 0 Å². The van der Waals surface area contributed by atoms with Gasteiger partial charge in [0.25, 0.3) is 0 Å². The zero-order valence-electron chi connectivity index (χ0n) is 10.6. The minimum atomic E-state index is 0.525. The van der Waals surface area contributed by atoms with Crippen molar-refractivity contribution in [2.24, 2.45) is 0 Å². The third-order valence-corrected chi connectivity index (χ3v) is 4.20. The number of nitrogens with zero attached hydrogens (tertiary/aromatic N) is 2. The highest BCUT2D eigenvalue weighted by Gasteiger charge is 2.09. The highest BCUT2D eigenvalue weighted by Crippen LogP contribution is 2.25. The van der Waals surface area contributed by atoms with Gasteiger partial charge in [-0.3, -0.25) is 0 Å². The van der Waals surface area contributed by atoms with E-state index >= 15 is 0 Å². The summed E-state index contributed by atoms with van der Waals surface area (Å²) in [4.78, 5) is 0. The Morgan fingerprint density at radius 3 is 2.95 bits per heavy atom. The molecule has 0 fully saturated rings. The molecular weight excluding hydrogens is 377 g/mol. The Morgan fingerprint density at radius 1 is 1.37 bits per heavy atom. The second-order valence-corrected chi connectivity index (χ2v) is 5.66. The normalized spacial score (nSPS) is 10.9. The summed E-state index contributed by atoms with van der Waals surface area (Å²) in [6, 6.07) is 5.72. The number of aromatic nitrogens is 2. The molecule has 102 valence electrons. The van der Waals surface area contributed by atoms with Crippen LogP contribution in [0, 0.1) is 3.57 Å². The Hall–Kier alpha value is -0.660. The zero-order chi connectivity index (χ0) is 13.7. The molecule has 0 bridgehead atoms. The van der Waals surface area contributed by atoms with Crippen molar-refractivity contribution in [2.75, 3.05) is 13.1 Å². The van der Waals surface area contributed by atoms with E-state index in [9.17, 15) is 0 Å². The molecule has 0 saturated carbocycles. The first-order valence-corrected chi connectivity index (χ1v) is 7.65. The van der Waals surface area contributed by atoms with E-state index in [1.54, 1.807) is 0 Å². The van der Waals surface area contributed by atoms with Gasteiger partial charge >= 0.3 is 0 Å². The lowest BCUT2D eigenvalue weighted by atomic mass is 10.2. The van der Waals surface area contributed by atoms with E-state index in [0.717, 1.165) is 35.1 Å². The van der Waals surface area contributed by atoms with E-state index in [-0.39, 0.29) is 0 Å². The van der Waals surface area contributed by atoms with Crippen molar-refractivity contribution < 1.29 is 4.42 Å². The number of nitrogens with one attached hydrogen (secondary N) is 1. The van der Waals surface area contributed by atoms with Gasteiger partial charge in [-0.05, 0) is 60.3 Å². The van der Waals surface area contributed by atoms with Gasteiger partial charge in [-0.2, -0.15) is 0 Å². The fourth-order valence-electron chi connectivity index (χ4n) is 1.64. The predicted molar refractivity (Wildman–Crippen MR) is 84.3 cm³/mol.